The first kappa shape index (κ1) is 21.4. The summed E-state index contributed by atoms with van der Waals surface area (Å²) >= 11 is 1.77. The van der Waals surface area contributed by atoms with Crippen molar-refractivity contribution in [3.05, 3.63) is 96.6 Å². The van der Waals surface area contributed by atoms with Gasteiger partial charge in [0, 0.05) is 17.2 Å². The van der Waals surface area contributed by atoms with Crippen molar-refractivity contribution in [2.45, 2.75) is 4.90 Å². The summed E-state index contributed by atoms with van der Waals surface area (Å²) in [6.07, 6.45) is 3.23. The van der Waals surface area contributed by atoms with E-state index >= 15 is 0 Å². The Labute approximate surface area is 178 Å². The summed E-state index contributed by atoms with van der Waals surface area (Å²) in [5.41, 5.74) is 1.31. The SMILES string of the molecule is CN(C)CCSc1ccc(/C=c2\[nH]c(=O)/c(=C/c3ccc(C#N)cc3)[nH]c2=O)cc1. The molecule has 2 N–H and O–H groups in total. The molecule has 1 aromatic heterocycles. The third kappa shape index (κ3) is 5.83. The number of aromatic amines is 2. The largest absolute Gasteiger partial charge is 0.316 e. The van der Waals surface area contributed by atoms with E-state index in [9.17, 15) is 9.59 Å². The third-order valence-electron chi connectivity index (χ3n) is 4.33. The molecule has 3 aromatic rings. The van der Waals surface area contributed by atoms with Gasteiger partial charge in [-0.2, -0.15) is 5.26 Å². The van der Waals surface area contributed by atoms with Crippen molar-refractivity contribution in [1.29, 1.82) is 5.26 Å². The minimum Gasteiger partial charge on any atom is -0.316 e. The van der Waals surface area contributed by atoms with Crippen LogP contribution in [-0.4, -0.2) is 41.3 Å². The fourth-order valence-electron chi connectivity index (χ4n) is 2.69. The van der Waals surface area contributed by atoms with Gasteiger partial charge in [-0.25, -0.2) is 0 Å². The minimum absolute atomic E-state index is 0.162. The topological polar surface area (TPSA) is 92.8 Å². The van der Waals surface area contributed by atoms with Crippen molar-refractivity contribution >= 4 is 23.9 Å². The molecule has 0 saturated carbocycles. The fourth-order valence-corrected chi connectivity index (χ4v) is 3.71. The van der Waals surface area contributed by atoms with E-state index in [-0.39, 0.29) is 21.8 Å². The molecule has 0 atom stereocenters. The van der Waals surface area contributed by atoms with E-state index in [1.807, 2.05) is 44.4 Å². The van der Waals surface area contributed by atoms with E-state index in [1.165, 1.54) is 0 Å². The predicted molar refractivity (Wildman–Crippen MR) is 121 cm³/mol. The Balaban J connectivity index is 1.85. The van der Waals surface area contributed by atoms with E-state index in [0.717, 1.165) is 22.8 Å². The molecule has 0 radical (unpaired) electrons. The summed E-state index contributed by atoms with van der Waals surface area (Å²) in [5, 5.41) is 9.22. The molecule has 1 heterocycles. The highest BCUT2D eigenvalue weighted by atomic mass is 32.2. The maximum atomic E-state index is 12.4. The van der Waals surface area contributed by atoms with Crippen molar-refractivity contribution in [1.82, 2.24) is 14.9 Å². The Kier molecular flexibility index (Phi) is 7.07. The number of benzene rings is 2. The molecular weight excluding hydrogens is 396 g/mol. The van der Waals surface area contributed by atoms with Gasteiger partial charge >= 0.3 is 0 Å². The van der Waals surface area contributed by atoms with Crippen molar-refractivity contribution in [3.8, 4) is 6.07 Å². The van der Waals surface area contributed by atoms with Crippen molar-refractivity contribution in [2.75, 3.05) is 26.4 Å². The van der Waals surface area contributed by atoms with Crippen molar-refractivity contribution < 1.29 is 0 Å². The first-order chi connectivity index (χ1) is 14.4. The highest BCUT2D eigenvalue weighted by Gasteiger charge is 1.99. The highest BCUT2D eigenvalue weighted by molar-refractivity contribution is 7.99. The summed E-state index contributed by atoms with van der Waals surface area (Å²) < 4.78 is 0. The minimum atomic E-state index is -0.388. The lowest BCUT2D eigenvalue weighted by atomic mass is 10.1. The predicted octanol–water partition coefficient (Wildman–Crippen LogP) is 1.25. The Morgan fingerprint density at radius 3 is 1.87 bits per heavy atom. The average Bonchev–Trinajstić information content (AvgIpc) is 2.73. The number of thioether (sulfide) groups is 1. The van der Waals surface area contributed by atoms with Gasteiger partial charge in [0.25, 0.3) is 11.1 Å². The standard InChI is InChI=1S/C23H22N4O2S/c1-27(2)11-12-30-19-9-7-17(8-10-19)14-21-23(29)25-20(22(28)26-21)13-16-3-5-18(15-24)6-4-16/h3-10,13-14H,11-12H2,1-2H3,(H,25,29)(H,26,28)/b20-13-,21-14-. The molecule has 3 rings (SSSR count). The maximum Gasteiger partial charge on any atom is 0.272 e. The summed E-state index contributed by atoms with van der Waals surface area (Å²) in [7, 11) is 4.09. The molecule has 0 fully saturated rings. The van der Waals surface area contributed by atoms with E-state index in [0.29, 0.717) is 11.1 Å². The van der Waals surface area contributed by atoms with Crippen LogP contribution in [0.15, 0.2) is 63.0 Å². The fraction of sp³-hybridized carbons (Fsp3) is 0.174. The van der Waals surface area contributed by atoms with Gasteiger partial charge in [0.15, 0.2) is 0 Å². The molecule has 0 amide bonds. The van der Waals surface area contributed by atoms with Gasteiger partial charge in [-0.05, 0) is 61.6 Å². The van der Waals surface area contributed by atoms with Crippen molar-refractivity contribution in [2.24, 2.45) is 0 Å². The monoisotopic (exact) mass is 418 g/mol. The van der Waals surface area contributed by atoms with E-state index in [2.05, 4.69) is 14.9 Å². The first-order valence-corrected chi connectivity index (χ1v) is 10.4. The zero-order valence-electron chi connectivity index (χ0n) is 16.8. The lowest BCUT2D eigenvalue weighted by molar-refractivity contribution is 0.437. The molecule has 0 unspecified atom stereocenters. The molecule has 0 saturated heterocycles. The highest BCUT2D eigenvalue weighted by Crippen LogP contribution is 2.18. The van der Waals surface area contributed by atoms with Crippen LogP contribution in [0.2, 0.25) is 0 Å². The van der Waals surface area contributed by atoms with E-state index in [4.69, 9.17) is 5.26 Å². The van der Waals surface area contributed by atoms with Crippen LogP contribution < -0.4 is 21.8 Å². The molecule has 6 nitrogen and oxygen atoms in total. The summed E-state index contributed by atoms with van der Waals surface area (Å²) in [4.78, 5) is 33.4. The Morgan fingerprint density at radius 1 is 0.900 bits per heavy atom. The van der Waals surface area contributed by atoms with Crippen LogP contribution in [0.3, 0.4) is 0 Å². The van der Waals surface area contributed by atoms with Crippen LogP contribution in [-0.2, 0) is 0 Å². The first-order valence-electron chi connectivity index (χ1n) is 9.38. The van der Waals surface area contributed by atoms with Crippen LogP contribution in [0.1, 0.15) is 16.7 Å². The van der Waals surface area contributed by atoms with Crippen LogP contribution >= 0.6 is 11.8 Å². The van der Waals surface area contributed by atoms with Gasteiger partial charge in [0.05, 0.1) is 11.6 Å². The molecule has 7 heteroatoms. The smallest absolute Gasteiger partial charge is 0.272 e. The molecule has 0 aliphatic heterocycles. The second-order valence-electron chi connectivity index (χ2n) is 6.98. The zero-order valence-corrected chi connectivity index (χ0v) is 17.6. The number of H-pyrrole nitrogens is 2. The number of rotatable bonds is 6. The lowest BCUT2D eigenvalue weighted by Crippen LogP contribution is -2.46. The normalized spacial score (nSPS) is 12.3. The molecule has 30 heavy (non-hydrogen) atoms. The maximum absolute atomic E-state index is 12.4. The molecule has 0 bridgehead atoms. The number of hydrogen-bond donors (Lipinski definition) is 2. The molecule has 2 aromatic carbocycles. The van der Waals surface area contributed by atoms with Crippen molar-refractivity contribution in [3.63, 3.8) is 0 Å². The van der Waals surface area contributed by atoms with Crippen LogP contribution in [0.25, 0.3) is 12.2 Å². The molecule has 0 spiro atoms. The number of hydrogen-bond acceptors (Lipinski definition) is 5. The summed E-state index contributed by atoms with van der Waals surface area (Å²) in [6, 6.07) is 16.6. The molecule has 0 aliphatic carbocycles. The second-order valence-corrected chi connectivity index (χ2v) is 8.15. The third-order valence-corrected chi connectivity index (χ3v) is 5.33. The van der Waals surface area contributed by atoms with Gasteiger partial charge in [-0.1, -0.05) is 24.3 Å². The van der Waals surface area contributed by atoms with Gasteiger partial charge < -0.3 is 14.9 Å². The van der Waals surface area contributed by atoms with Gasteiger partial charge in [-0.3, -0.25) is 9.59 Å². The molecule has 152 valence electrons. The average molecular weight is 419 g/mol. The molecular formula is C23H22N4O2S. The van der Waals surface area contributed by atoms with E-state index < -0.39 is 0 Å². The molecule has 0 aliphatic rings. The number of nitriles is 1. The number of nitrogens with one attached hydrogen (secondary N) is 2. The number of aromatic nitrogens is 2. The van der Waals surface area contributed by atoms with Gasteiger partial charge in [0.2, 0.25) is 0 Å². The number of nitrogens with zero attached hydrogens (tertiary/aromatic N) is 2. The quantitative estimate of drug-likeness (QED) is 0.588. The van der Waals surface area contributed by atoms with Crippen LogP contribution in [0.5, 0.6) is 0 Å². The summed E-state index contributed by atoms with van der Waals surface area (Å²) in [5.74, 6) is 1.00. The Bertz CT molecular complexity index is 1280. The lowest BCUT2D eigenvalue weighted by Gasteiger charge is -2.08. The van der Waals surface area contributed by atoms with Gasteiger partial charge in [-0.15, -0.1) is 11.8 Å². The van der Waals surface area contributed by atoms with Crippen LogP contribution in [0, 0.1) is 11.3 Å². The van der Waals surface area contributed by atoms with Gasteiger partial charge in [0.1, 0.15) is 10.7 Å². The Morgan fingerprint density at radius 2 is 1.40 bits per heavy atom. The second kappa shape index (κ2) is 9.92. The van der Waals surface area contributed by atoms with E-state index in [1.54, 1.807) is 48.2 Å². The zero-order chi connectivity index (χ0) is 21.5. The van der Waals surface area contributed by atoms with Crippen LogP contribution in [0.4, 0.5) is 0 Å². The Hall–Kier alpha value is -3.34. The summed E-state index contributed by atoms with van der Waals surface area (Å²) in [6.45, 7) is 1.00.